The highest BCUT2D eigenvalue weighted by molar-refractivity contribution is 5.92. The van der Waals surface area contributed by atoms with Crippen LogP contribution in [-0.4, -0.2) is 74.9 Å². The van der Waals surface area contributed by atoms with Crippen LogP contribution in [0.4, 0.5) is 19.2 Å². The predicted octanol–water partition coefficient (Wildman–Crippen LogP) is 12.3. The summed E-state index contributed by atoms with van der Waals surface area (Å²) in [6, 6.07) is 61.1. The zero-order valence-corrected chi connectivity index (χ0v) is 42.3. The molecule has 408 valence electrons. The van der Waals surface area contributed by atoms with Gasteiger partial charge in [-0.3, -0.25) is 0 Å². The van der Waals surface area contributed by atoms with Crippen molar-refractivity contribution in [3.05, 3.63) is 241 Å². The van der Waals surface area contributed by atoms with E-state index in [4.69, 9.17) is 18.9 Å². The smallest absolute Gasteiger partial charge is 0.431 e. The van der Waals surface area contributed by atoms with Crippen molar-refractivity contribution in [1.82, 2.24) is 0 Å². The average molecular weight is 1100 g/mol. The van der Waals surface area contributed by atoms with Gasteiger partial charge >= 0.3 is 48.5 Å². The summed E-state index contributed by atoms with van der Waals surface area (Å²) >= 11 is 0. The van der Waals surface area contributed by atoms with Crippen LogP contribution in [0.3, 0.4) is 0 Å². The van der Waals surface area contributed by atoms with Crippen LogP contribution in [0.2, 0.25) is 0 Å². The molecule has 0 aliphatic heterocycles. The monoisotopic (exact) mass is 1100 g/mol. The maximum absolute atomic E-state index is 13.0. The van der Waals surface area contributed by atoms with E-state index < -0.39 is 80.3 Å². The van der Waals surface area contributed by atoms with Gasteiger partial charge in [0, 0.05) is 0 Å². The first-order chi connectivity index (χ1) is 39.4. The van der Waals surface area contributed by atoms with E-state index in [1.165, 1.54) is 48.5 Å². The van der Waals surface area contributed by atoms with Crippen molar-refractivity contribution in [3.8, 4) is 44.5 Å². The van der Waals surface area contributed by atoms with Gasteiger partial charge in [0.25, 0.3) is 0 Å². The lowest BCUT2D eigenvalue weighted by Crippen LogP contribution is -2.44. The van der Waals surface area contributed by atoms with Crippen LogP contribution in [-0.2, 0) is 58.0 Å². The van der Waals surface area contributed by atoms with Crippen LogP contribution in [0.5, 0.6) is 0 Å². The largest absolute Gasteiger partial charge is 0.549 e. The van der Waals surface area contributed by atoms with Gasteiger partial charge in [-0.2, -0.15) is 19.2 Å². The lowest BCUT2D eigenvalue weighted by Gasteiger charge is -2.30. The van der Waals surface area contributed by atoms with Gasteiger partial charge in [-0.1, -0.05) is 170 Å². The number of hydrogen-bond acceptors (Lipinski definition) is 20. The third-order valence-corrected chi connectivity index (χ3v) is 11.6. The number of ether oxygens (including phenoxy) is 4. The molecule has 0 heterocycles. The Morgan fingerprint density at radius 1 is 0.222 bits per heavy atom. The molecule has 81 heavy (non-hydrogen) atoms. The fourth-order valence-corrected chi connectivity index (χ4v) is 7.39. The molecule has 0 atom stereocenters. The predicted molar refractivity (Wildman–Crippen MR) is 281 cm³/mol. The summed E-state index contributed by atoms with van der Waals surface area (Å²) in [6.45, 7) is -4.51. The fourth-order valence-electron chi connectivity index (χ4n) is 7.39. The Hall–Kier alpha value is -11.3. The van der Waals surface area contributed by atoms with Crippen LogP contribution in [0.1, 0.15) is 41.4 Å². The molecule has 0 amide bonds. The minimum absolute atomic E-state index is 0.0396. The van der Waals surface area contributed by atoms with Crippen molar-refractivity contribution in [2.24, 2.45) is 5.41 Å². The molecule has 8 rings (SSSR count). The molecule has 0 radical (unpaired) electrons. The average Bonchev–Trinajstić information content (AvgIpc) is 3.53. The first-order valence-electron chi connectivity index (χ1n) is 24.2. The second kappa shape index (κ2) is 27.7. The third-order valence-electron chi connectivity index (χ3n) is 11.6. The quantitative estimate of drug-likeness (QED) is 0.0377. The minimum atomic E-state index is -2.29. The van der Waals surface area contributed by atoms with Crippen LogP contribution in [0.15, 0.2) is 218 Å². The molecule has 0 aromatic heterocycles. The van der Waals surface area contributed by atoms with E-state index in [1.54, 1.807) is 48.5 Å². The van der Waals surface area contributed by atoms with Crippen LogP contribution < -0.4 is 0 Å². The summed E-state index contributed by atoms with van der Waals surface area (Å²) in [5, 5.41) is 0. The Morgan fingerprint density at radius 3 is 0.580 bits per heavy atom. The van der Waals surface area contributed by atoms with E-state index in [9.17, 15) is 38.4 Å². The van der Waals surface area contributed by atoms with Gasteiger partial charge in [0.2, 0.25) is 0 Å². The highest BCUT2D eigenvalue weighted by atomic mass is 17.3. The molecule has 0 spiro atoms. The topological polar surface area (TPSA) is 247 Å². The molecule has 0 unspecified atom stereocenters. The van der Waals surface area contributed by atoms with E-state index in [1.807, 2.05) is 121 Å². The summed E-state index contributed by atoms with van der Waals surface area (Å²) < 4.78 is 20.7. The second-order valence-electron chi connectivity index (χ2n) is 17.2. The molecule has 8 aromatic rings. The van der Waals surface area contributed by atoms with Crippen LogP contribution in [0.25, 0.3) is 44.5 Å². The SMILES string of the molecule is O=C(OCC(COC(=O)OOC(=O)c1ccc(-c2ccccc2)cc1)(COC(=O)OOC(=O)c1ccc(-c2ccccc2)cc1)COC(=O)OOC(=O)c1ccc(-c2ccccc2)cc1)OOC(=O)c1ccc(-c2ccccc2)cc1. The Bertz CT molecular complexity index is 2960. The van der Waals surface area contributed by atoms with Crippen molar-refractivity contribution in [2.45, 2.75) is 0 Å². The highest BCUT2D eigenvalue weighted by Gasteiger charge is 2.40. The van der Waals surface area contributed by atoms with Crippen molar-refractivity contribution >= 4 is 48.5 Å². The Morgan fingerprint density at radius 2 is 0.395 bits per heavy atom. The maximum atomic E-state index is 13.0. The normalized spacial score (nSPS) is 10.6. The number of benzene rings is 8. The summed E-state index contributed by atoms with van der Waals surface area (Å²) in [5.74, 6) is -4.53. The summed E-state index contributed by atoms with van der Waals surface area (Å²) in [6.07, 6.45) is -6.86. The molecule has 0 fully saturated rings. The zero-order valence-electron chi connectivity index (χ0n) is 42.3. The third kappa shape index (κ3) is 16.4. The summed E-state index contributed by atoms with van der Waals surface area (Å²) in [4.78, 5) is 141. The number of rotatable bonds is 16. The first-order valence-corrected chi connectivity index (χ1v) is 24.2. The summed E-state index contributed by atoms with van der Waals surface area (Å²) in [7, 11) is 0. The van der Waals surface area contributed by atoms with E-state index in [0.717, 1.165) is 44.5 Å². The number of carbonyl (C=O) groups excluding carboxylic acids is 8. The van der Waals surface area contributed by atoms with E-state index in [0.29, 0.717) is 0 Å². The molecule has 20 heteroatoms. The van der Waals surface area contributed by atoms with Gasteiger partial charge in [-0.05, 0) is 93.0 Å². The molecule has 0 N–H and O–H groups in total. The molecule has 0 bridgehead atoms. The fraction of sp³-hybridized carbons (Fsp3) is 0.0820. The molecule has 8 aromatic carbocycles. The molecule has 0 saturated heterocycles. The second-order valence-corrected chi connectivity index (χ2v) is 17.2. The van der Waals surface area contributed by atoms with E-state index >= 15 is 0 Å². The molecular weight excluding hydrogens is 1050 g/mol. The lowest BCUT2D eigenvalue weighted by atomic mass is 9.92. The molecule has 0 saturated carbocycles. The zero-order chi connectivity index (χ0) is 56.8. The van der Waals surface area contributed by atoms with Gasteiger partial charge in [-0.25, -0.2) is 58.3 Å². The van der Waals surface area contributed by atoms with Gasteiger partial charge in [0.15, 0.2) is 0 Å². The minimum Gasteiger partial charge on any atom is -0.431 e. The Kier molecular flexibility index (Phi) is 19.1. The van der Waals surface area contributed by atoms with Crippen LogP contribution in [0, 0.1) is 5.41 Å². The maximum Gasteiger partial charge on any atom is 0.549 e. The van der Waals surface area contributed by atoms with Gasteiger partial charge in [0.05, 0.1) is 22.3 Å². The van der Waals surface area contributed by atoms with Crippen molar-refractivity contribution in [3.63, 3.8) is 0 Å². The van der Waals surface area contributed by atoms with Crippen LogP contribution >= 0.6 is 0 Å². The molecule has 0 aliphatic rings. The van der Waals surface area contributed by atoms with Crippen molar-refractivity contribution < 1.29 is 96.4 Å². The highest BCUT2D eigenvalue weighted by Crippen LogP contribution is 2.26. The van der Waals surface area contributed by atoms with Gasteiger partial charge in [-0.15, -0.1) is 0 Å². The van der Waals surface area contributed by atoms with E-state index in [-0.39, 0.29) is 22.3 Å². The molecule has 0 aliphatic carbocycles. The number of hydrogen-bond donors (Lipinski definition) is 0. The van der Waals surface area contributed by atoms with Crippen molar-refractivity contribution in [2.75, 3.05) is 26.4 Å². The van der Waals surface area contributed by atoms with E-state index in [2.05, 4.69) is 39.1 Å². The molecule has 20 nitrogen and oxygen atoms in total. The standard InChI is InChI=1S/C61H44O20/c62-53(49-29-21-45(22-30-49)41-13-5-1-6-14-41)74-78-57(66)70-37-61(38-71-58(67)79-75-54(63)50-31-23-46(24-32-50)42-15-7-2-8-16-42,39-72-59(68)80-76-55(64)51-33-25-47(26-34-51)43-17-9-3-10-18-43)40-73-60(69)81-77-56(65)52-35-27-48(28-36-52)44-19-11-4-12-20-44/h1-36H,37-40H2. The van der Waals surface area contributed by atoms with Crippen molar-refractivity contribution in [1.29, 1.82) is 0 Å². The summed E-state index contributed by atoms with van der Waals surface area (Å²) in [5.41, 5.74) is 4.03. The molecular formula is C61H44O20. The van der Waals surface area contributed by atoms with Gasteiger partial charge in [0.1, 0.15) is 31.8 Å². The van der Waals surface area contributed by atoms with Gasteiger partial charge < -0.3 is 18.9 Å². The Labute approximate surface area is 460 Å². The lowest BCUT2D eigenvalue weighted by molar-refractivity contribution is -0.223. The Balaban J connectivity index is 0.948. The first kappa shape index (κ1) is 55.9. The number of carbonyl (C=O) groups is 8.